The third-order valence-electron chi connectivity index (χ3n) is 6.70. The van der Waals surface area contributed by atoms with E-state index in [1.807, 2.05) is 31.2 Å². The summed E-state index contributed by atoms with van der Waals surface area (Å²) in [4.78, 5) is 18.1. The normalized spacial score (nSPS) is 25.1. The minimum atomic E-state index is -0.515. The Morgan fingerprint density at radius 1 is 1.23 bits per heavy atom. The summed E-state index contributed by atoms with van der Waals surface area (Å²) in [5, 5.41) is 12.6. The summed E-state index contributed by atoms with van der Waals surface area (Å²) in [6.45, 7) is 9.94. The number of carbonyl (C=O) groups is 1. The summed E-state index contributed by atoms with van der Waals surface area (Å²) in [6, 6.07) is 7.90. The quantitative estimate of drug-likeness (QED) is 0.558. The highest BCUT2D eigenvalue weighted by atomic mass is 16.5. The van der Waals surface area contributed by atoms with Crippen molar-refractivity contribution in [1.29, 1.82) is 5.41 Å². The third kappa shape index (κ3) is 6.03. The third-order valence-corrected chi connectivity index (χ3v) is 6.70. The first kappa shape index (κ1) is 23.6. The summed E-state index contributed by atoms with van der Waals surface area (Å²) in [7, 11) is 0. The van der Waals surface area contributed by atoms with Crippen molar-refractivity contribution >= 4 is 17.2 Å². The minimum absolute atomic E-state index is 0.125. The highest BCUT2D eigenvalue weighted by molar-refractivity contribution is 6.27. The van der Waals surface area contributed by atoms with Crippen molar-refractivity contribution in [3.63, 3.8) is 0 Å². The van der Waals surface area contributed by atoms with Gasteiger partial charge in [0, 0.05) is 24.6 Å². The lowest BCUT2D eigenvalue weighted by Gasteiger charge is -2.28. The Morgan fingerprint density at radius 3 is 2.65 bits per heavy atom. The standard InChI is InChI=1S/C26H39N3O2/c1-4-6-23(30)24-25(27)22(18(3)16-19-11-13-28-17-19)12-14-29-26(24)20-7-9-21(10-8-20)31-15-5-2/h7-10,18-19,22,24,27-28H,4-6,11-17H2,1-3H3. The van der Waals surface area contributed by atoms with Crippen LogP contribution in [0.15, 0.2) is 29.3 Å². The number of benzene rings is 1. The number of carbonyl (C=O) groups excluding carboxylic acids is 1. The van der Waals surface area contributed by atoms with Crippen molar-refractivity contribution in [1.82, 2.24) is 5.32 Å². The monoisotopic (exact) mass is 425 g/mol. The van der Waals surface area contributed by atoms with Gasteiger partial charge < -0.3 is 15.5 Å². The van der Waals surface area contributed by atoms with E-state index in [1.54, 1.807) is 0 Å². The number of nitrogens with zero attached hydrogens (tertiary/aromatic N) is 1. The molecule has 1 saturated heterocycles. The van der Waals surface area contributed by atoms with Crippen LogP contribution in [0.3, 0.4) is 0 Å². The number of ether oxygens (including phenoxy) is 1. The van der Waals surface area contributed by atoms with E-state index in [-0.39, 0.29) is 11.7 Å². The molecule has 0 saturated carbocycles. The fourth-order valence-corrected chi connectivity index (χ4v) is 5.05. The van der Waals surface area contributed by atoms with Crippen molar-refractivity contribution in [2.24, 2.45) is 28.7 Å². The van der Waals surface area contributed by atoms with Crippen LogP contribution in [-0.2, 0) is 4.79 Å². The average molecular weight is 426 g/mol. The number of aliphatic imine (C=N–C) groups is 1. The molecule has 0 spiro atoms. The van der Waals surface area contributed by atoms with Crippen LogP contribution >= 0.6 is 0 Å². The molecule has 5 nitrogen and oxygen atoms in total. The van der Waals surface area contributed by atoms with Gasteiger partial charge in [-0.05, 0) is 86.9 Å². The molecule has 0 aromatic heterocycles. The van der Waals surface area contributed by atoms with Crippen LogP contribution in [0.4, 0.5) is 0 Å². The molecule has 0 aliphatic carbocycles. The van der Waals surface area contributed by atoms with E-state index >= 15 is 0 Å². The van der Waals surface area contributed by atoms with E-state index in [0.717, 1.165) is 55.8 Å². The molecular weight excluding hydrogens is 386 g/mol. The number of hydrogen-bond acceptors (Lipinski definition) is 5. The van der Waals surface area contributed by atoms with Gasteiger partial charge >= 0.3 is 0 Å². The highest BCUT2D eigenvalue weighted by Crippen LogP contribution is 2.33. The minimum Gasteiger partial charge on any atom is -0.494 e. The van der Waals surface area contributed by atoms with Gasteiger partial charge in [-0.25, -0.2) is 0 Å². The molecule has 2 N–H and O–H groups in total. The van der Waals surface area contributed by atoms with E-state index in [2.05, 4.69) is 19.2 Å². The fourth-order valence-electron chi connectivity index (χ4n) is 5.05. The largest absolute Gasteiger partial charge is 0.494 e. The number of ketones is 1. The lowest BCUT2D eigenvalue weighted by atomic mass is 9.74. The summed E-state index contributed by atoms with van der Waals surface area (Å²) >= 11 is 0. The number of Topliss-reactive ketones (excluding diaryl/α,β-unsaturated/α-hetero) is 1. The van der Waals surface area contributed by atoms with Crippen molar-refractivity contribution in [3.8, 4) is 5.75 Å². The zero-order valence-electron chi connectivity index (χ0n) is 19.5. The summed E-state index contributed by atoms with van der Waals surface area (Å²) in [5.74, 6) is 1.67. The molecule has 3 rings (SSSR count). The zero-order valence-corrected chi connectivity index (χ0v) is 19.5. The van der Waals surface area contributed by atoms with Crippen LogP contribution < -0.4 is 10.1 Å². The predicted octanol–water partition coefficient (Wildman–Crippen LogP) is 4.93. The first-order valence-electron chi connectivity index (χ1n) is 12.1. The molecule has 2 aliphatic rings. The summed E-state index contributed by atoms with van der Waals surface area (Å²) in [5.41, 5.74) is 2.30. The Bertz CT molecular complexity index is 765. The predicted molar refractivity (Wildman–Crippen MR) is 128 cm³/mol. The first-order valence-corrected chi connectivity index (χ1v) is 12.1. The Balaban J connectivity index is 1.82. The van der Waals surface area contributed by atoms with E-state index in [0.29, 0.717) is 37.1 Å². The maximum absolute atomic E-state index is 13.2. The van der Waals surface area contributed by atoms with Crippen molar-refractivity contribution < 1.29 is 9.53 Å². The van der Waals surface area contributed by atoms with E-state index in [9.17, 15) is 4.79 Å². The second kappa shape index (κ2) is 11.6. The van der Waals surface area contributed by atoms with Gasteiger partial charge in [0.05, 0.1) is 18.2 Å². The summed E-state index contributed by atoms with van der Waals surface area (Å²) in [6.07, 6.45) is 5.46. The molecule has 4 unspecified atom stereocenters. The van der Waals surface area contributed by atoms with Crippen LogP contribution in [0, 0.1) is 29.1 Å². The topological polar surface area (TPSA) is 74.5 Å². The van der Waals surface area contributed by atoms with Crippen LogP contribution in [0.1, 0.15) is 64.9 Å². The van der Waals surface area contributed by atoms with Gasteiger partial charge in [-0.1, -0.05) is 20.8 Å². The zero-order chi connectivity index (χ0) is 22.2. The lowest BCUT2D eigenvalue weighted by Crippen LogP contribution is -2.37. The number of rotatable bonds is 10. The highest BCUT2D eigenvalue weighted by Gasteiger charge is 2.37. The molecule has 0 radical (unpaired) electrons. The van der Waals surface area contributed by atoms with Gasteiger partial charge in [-0.2, -0.15) is 0 Å². The maximum atomic E-state index is 13.2. The van der Waals surface area contributed by atoms with Crippen LogP contribution in [0.25, 0.3) is 0 Å². The molecule has 1 aromatic rings. The average Bonchev–Trinajstić information content (AvgIpc) is 3.20. The molecular formula is C26H39N3O2. The Kier molecular flexibility index (Phi) is 8.82. The second-order valence-electron chi connectivity index (χ2n) is 9.21. The SMILES string of the molecule is CCCOc1ccc(C2=NCCC(C(C)CC3CCNC3)C(=N)C2C(=O)CCC)cc1. The smallest absolute Gasteiger partial charge is 0.147 e. The van der Waals surface area contributed by atoms with Gasteiger partial charge in [0.2, 0.25) is 0 Å². The molecule has 5 heteroatoms. The Labute approximate surface area is 187 Å². The number of hydrogen-bond donors (Lipinski definition) is 2. The van der Waals surface area contributed by atoms with Crippen molar-refractivity contribution in [3.05, 3.63) is 29.8 Å². The lowest BCUT2D eigenvalue weighted by molar-refractivity contribution is -0.119. The molecule has 31 heavy (non-hydrogen) atoms. The molecule has 0 amide bonds. The molecule has 4 atom stereocenters. The van der Waals surface area contributed by atoms with Gasteiger partial charge in [-0.15, -0.1) is 0 Å². The molecule has 0 bridgehead atoms. The van der Waals surface area contributed by atoms with Gasteiger partial charge in [0.1, 0.15) is 11.5 Å². The van der Waals surface area contributed by atoms with Crippen molar-refractivity contribution in [2.45, 2.75) is 59.3 Å². The first-order chi connectivity index (χ1) is 15.0. The molecule has 170 valence electrons. The number of nitrogens with one attached hydrogen (secondary N) is 2. The second-order valence-corrected chi connectivity index (χ2v) is 9.21. The van der Waals surface area contributed by atoms with Crippen molar-refractivity contribution in [2.75, 3.05) is 26.2 Å². The fraction of sp³-hybridized carbons (Fsp3) is 0.654. The molecule has 1 aromatic carbocycles. The van der Waals surface area contributed by atoms with E-state index in [1.165, 1.54) is 6.42 Å². The molecule has 1 fully saturated rings. The Morgan fingerprint density at radius 2 is 2.00 bits per heavy atom. The van der Waals surface area contributed by atoms with Gasteiger partial charge in [0.25, 0.3) is 0 Å². The summed E-state index contributed by atoms with van der Waals surface area (Å²) < 4.78 is 5.71. The molecule has 2 aliphatic heterocycles. The van der Waals surface area contributed by atoms with Crippen LogP contribution in [-0.4, -0.2) is 43.4 Å². The molecule has 2 heterocycles. The van der Waals surface area contributed by atoms with Crippen LogP contribution in [0.5, 0.6) is 5.75 Å². The Hall–Kier alpha value is -2.01. The van der Waals surface area contributed by atoms with Gasteiger partial charge in [-0.3, -0.25) is 9.79 Å². The van der Waals surface area contributed by atoms with Crippen LogP contribution in [0.2, 0.25) is 0 Å². The van der Waals surface area contributed by atoms with E-state index < -0.39 is 5.92 Å². The van der Waals surface area contributed by atoms with E-state index in [4.69, 9.17) is 15.1 Å². The van der Waals surface area contributed by atoms with Gasteiger partial charge in [0.15, 0.2) is 0 Å². The maximum Gasteiger partial charge on any atom is 0.147 e.